The number of ether oxygens (including phenoxy) is 2. The van der Waals surface area contributed by atoms with E-state index in [0.717, 1.165) is 5.56 Å². The van der Waals surface area contributed by atoms with Gasteiger partial charge in [-0.3, -0.25) is 9.36 Å². The number of ketones is 1. The number of allylic oxidation sites excluding steroid dienone is 1. The SMILES string of the molecule is C=CCn1c(S[C@@H](C)C(=O)c2ccc(OC)cc2)nnc1-c1ccccc1OC. The third-order valence-corrected chi connectivity index (χ3v) is 5.48. The normalized spacial score (nSPS) is 11.7. The van der Waals surface area contributed by atoms with Gasteiger partial charge in [-0.2, -0.15) is 0 Å². The van der Waals surface area contributed by atoms with E-state index in [1.165, 1.54) is 11.8 Å². The van der Waals surface area contributed by atoms with Gasteiger partial charge in [0.15, 0.2) is 16.8 Å². The first-order valence-electron chi connectivity index (χ1n) is 9.11. The monoisotopic (exact) mass is 409 g/mol. The molecule has 1 aromatic heterocycles. The number of Topliss-reactive ketones (excluding diaryl/α,β-unsaturated/α-hetero) is 1. The molecule has 6 nitrogen and oxygen atoms in total. The van der Waals surface area contributed by atoms with Gasteiger partial charge in [0.05, 0.1) is 25.0 Å². The fraction of sp³-hybridized carbons (Fsp3) is 0.227. The second-order valence-electron chi connectivity index (χ2n) is 6.26. The second kappa shape index (κ2) is 9.43. The maximum absolute atomic E-state index is 12.8. The van der Waals surface area contributed by atoms with Crippen molar-refractivity contribution in [2.45, 2.75) is 23.9 Å². The van der Waals surface area contributed by atoms with Gasteiger partial charge in [0, 0.05) is 12.1 Å². The Morgan fingerprint density at radius 3 is 2.52 bits per heavy atom. The highest BCUT2D eigenvalue weighted by Crippen LogP contribution is 2.32. The number of hydrogen-bond acceptors (Lipinski definition) is 6. The lowest BCUT2D eigenvalue weighted by atomic mass is 10.1. The standard InChI is InChI=1S/C22H23N3O3S/c1-5-14-25-21(18-8-6-7-9-19(18)28-4)23-24-22(25)29-15(2)20(26)16-10-12-17(27-3)13-11-16/h5-13,15H,1,14H2,2-4H3/t15-/m0/s1. The number of methoxy groups -OCH3 is 2. The van der Waals surface area contributed by atoms with E-state index in [1.807, 2.05) is 35.8 Å². The van der Waals surface area contributed by atoms with Crippen molar-refractivity contribution in [1.29, 1.82) is 0 Å². The predicted molar refractivity (Wildman–Crippen MR) is 115 cm³/mol. The molecule has 0 unspecified atom stereocenters. The minimum Gasteiger partial charge on any atom is -0.497 e. The van der Waals surface area contributed by atoms with Crippen LogP contribution in [-0.4, -0.2) is 40.0 Å². The summed E-state index contributed by atoms with van der Waals surface area (Å²) in [5.41, 5.74) is 1.47. The Hall–Kier alpha value is -3.06. The molecule has 7 heteroatoms. The number of nitrogens with zero attached hydrogens (tertiary/aromatic N) is 3. The van der Waals surface area contributed by atoms with Gasteiger partial charge in [0.25, 0.3) is 0 Å². The summed E-state index contributed by atoms with van der Waals surface area (Å²) in [5.74, 6) is 2.12. The van der Waals surface area contributed by atoms with Crippen LogP contribution in [-0.2, 0) is 6.54 Å². The molecule has 0 saturated carbocycles. The Kier molecular flexibility index (Phi) is 6.72. The van der Waals surface area contributed by atoms with Crippen LogP contribution in [0.4, 0.5) is 0 Å². The molecule has 0 aliphatic rings. The molecule has 0 amide bonds. The van der Waals surface area contributed by atoms with E-state index in [4.69, 9.17) is 9.47 Å². The summed E-state index contributed by atoms with van der Waals surface area (Å²) in [6.07, 6.45) is 1.78. The summed E-state index contributed by atoms with van der Waals surface area (Å²) in [4.78, 5) is 12.8. The number of para-hydroxylation sites is 1. The first-order valence-corrected chi connectivity index (χ1v) is 9.99. The molecule has 0 aliphatic heterocycles. The van der Waals surface area contributed by atoms with Crippen molar-refractivity contribution in [3.63, 3.8) is 0 Å². The van der Waals surface area contributed by atoms with Crippen molar-refractivity contribution < 1.29 is 14.3 Å². The zero-order valence-corrected chi connectivity index (χ0v) is 17.5. The van der Waals surface area contributed by atoms with Crippen molar-refractivity contribution in [3.05, 3.63) is 66.7 Å². The fourth-order valence-electron chi connectivity index (χ4n) is 2.90. The van der Waals surface area contributed by atoms with E-state index < -0.39 is 0 Å². The molecule has 2 aromatic carbocycles. The quantitative estimate of drug-likeness (QED) is 0.294. The van der Waals surface area contributed by atoms with Crippen molar-refractivity contribution in [2.24, 2.45) is 0 Å². The van der Waals surface area contributed by atoms with E-state index in [9.17, 15) is 4.79 Å². The zero-order valence-electron chi connectivity index (χ0n) is 16.7. The van der Waals surface area contributed by atoms with Crippen LogP contribution in [0.3, 0.4) is 0 Å². The summed E-state index contributed by atoms with van der Waals surface area (Å²) >= 11 is 1.37. The summed E-state index contributed by atoms with van der Waals surface area (Å²) in [5, 5.41) is 9.01. The molecule has 150 valence electrons. The van der Waals surface area contributed by atoms with Crippen LogP contribution in [0.15, 0.2) is 66.3 Å². The number of rotatable bonds is 9. The Bertz CT molecular complexity index is 999. The maximum atomic E-state index is 12.8. The number of carbonyl (C=O) groups is 1. The Morgan fingerprint density at radius 1 is 1.14 bits per heavy atom. The number of carbonyl (C=O) groups excluding carboxylic acids is 1. The number of benzene rings is 2. The van der Waals surface area contributed by atoms with Gasteiger partial charge in [0.2, 0.25) is 0 Å². The van der Waals surface area contributed by atoms with Crippen LogP contribution in [0.1, 0.15) is 17.3 Å². The molecule has 0 spiro atoms. The van der Waals surface area contributed by atoms with Crippen LogP contribution in [0.2, 0.25) is 0 Å². The highest BCUT2D eigenvalue weighted by atomic mass is 32.2. The minimum atomic E-state index is -0.332. The lowest BCUT2D eigenvalue weighted by Gasteiger charge is -2.13. The molecule has 3 rings (SSSR count). The molecule has 0 N–H and O–H groups in total. The fourth-order valence-corrected chi connectivity index (χ4v) is 3.84. The molecule has 0 radical (unpaired) electrons. The summed E-state index contributed by atoms with van der Waals surface area (Å²) in [7, 11) is 3.22. The van der Waals surface area contributed by atoms with E-state index in [-0.39, 0.29) is 11.0 Å². The Labute approximate surface area is 174 Å². The largest absolute Gasteiger partial charge is 0.497 e. The van der Waals surface area contributed by atoms with Crippen molar-refractivity contribution in [2.75, 3.05) is 14.2 Å². The van der Waals surface area contributed by atoms with E-state index in [2.05, 4.69) is 16.8 Å². The van der Waals surface area contributed by atoms with Gasteiger partial charge in [-0.05, 0) is 43.3 Å². The molecular formula is C22H23N3O3S. The zero-order chi connectivity index (χ0) is 20.8. The van der Waals surface area contributed by atoms with Crippen LogP contribution in [0.5, 0.6) is 11.5 Å². The average Bonchev–Trinajstić information content (AvgIpc) is 3.15. The smallest absolute Gasteiger partial charge is 0.192 e. The summed E-state index contributed by atoms with van der Waals surface area (Å²) in [6.45, 7) is 6.22. The lowest BCUT2D eigenvalue weighted by Crippen LogP contribution is -2.14. The average molecular weight is 410 g/mol. The third-order valence-electron chi connectivity index (χ3n) is 4.40. The van der Waals surface area contributed by atoms with Crippen LogP contribution in [0.25, 0.3) is 11.4 Å². The van der Waals surface area contributed by atoms with Crippen LogP contribution in [0, 0.1) is 0 Å². The summed E-state index contributed by atoms with van der Waals surface area (Å²) < 4.78 is 12.6. The number of hydrogen-bond donors (Lipinski definition) is 0. The predicted octanol–water partition coefficient (Wildman–Crippen LogP) is 4.51. The molecule has 29 heavy (non-hydrogen) atoms. The molecule has 0 fully saturated rings. The first kappa shape index (κ1) is 20.7. The Morgan fingerprint density at radius 2 is 1.86 bits per heavy atom. The van der Waals surface area contributed by atoms with Gasteiger partial charge in [-0.1, -0.05) is 30.0 Å². The van der Waals surface area contributed by atoms with Gasteiger partial charge in [0.1, 0.15) is 11.5 Å². The van der Waals surface area contributed by atoms with Crippen LogP contribution < -0.4 is 9.47 Å². The van der Waals surface area contributed by atoms with Gasteiger partial charge in [-0.15, -0.1) is 16.8 Å². The minimum absolute atomic E-state index is 0.0182. The third kappa shape index (κ3) is 4.51. The van der Waals surface area contributed by atoms with Gasteiger partial charge < -0.3 is 9.47 Å². The molecule has 0 aliphatic carbocycles. The first-order chi connectivity index (χ1) is 14.1. The highest BCUT2D eigenvalue weighted by molar-refractivity contribution is 8.00. The van der Waals surface area contributed by atoms with Crippen molar-refractivity contribution in [3.8, 4) is 22.9 Å². The van der Waals surface area contributed by atoms with E-state index in [0.29, 0.717) is 34.6 Å². The molecule has 0 saturated heterocycles. The number of aromatic nitrogens is 3. The van der Waals surface area contributed by atoms with Crippen molar-refractivity contribution >= 4 is 17.5 Å². The molecule has 1 heterocycles. The van der Waals surface area contributed by atoms with E-state index >= 15 is 0 Å². The lowest BCUT2D eigenvalue weighted by molar-refractivity contribution is 0.0994. The molecular weight excluding hydrogens is 386 g/mol. The topological polar surface area (TPSA) is 66.2 Å². The van der Waals surface area contributed by atoms with Gasteiger partial charge >= 0.3 is 0 Å². The highest BCUT2D eigenvalue weighted by Gasteiger charge is 2.22. The van der Waals surface area contributed by atoms with Crippen LogP contribution >= 0.6 is 11.8 Å². The van der Waals surface area contributed by atoms with Gasteiger partial charge in [-0.25, -0.2) is 0 Å². The van der Waals surface area contributed by atoms with E-state index in [1.54, 1.807) is 44.6 Å². The molecule has 3 aromatic rings. The maximum Gasteiger partial charge on any atom is 0.192 e. The molecule has 1 atom stereocenters. The van der Waals surface area contributed by atoms with Crippen molar-refractivity contribution in [1.82, 2.24) is 14.8 Å². The molecule has 0 bridgehead atoms. The summed E-state index contributed by atoms with van der Waals surface area (Å²) in [6, 6.07) is 14.7. The number of thioether (sulfide) groups is 1. The second-order valence-corrected chi connectivity index (χ2v) is 7.57. The Balaban J connectivity index is 1.87.